The van der Waals surface area contributed by atoms with Gasteiger partial charge >= 0.3 is 6.18 Å². The lowest BCUT2D eigenvalue weighted by molar-refractivity contribution is -0.914. The van der Waals surface area contributed by atoms with Crippen molar-refractivity contribution in [3.63, 3.8) is 0 Å². The van der Waals surface area contributed by atoms with Crippen LogP contribution in [0.25, 0.3) is 0 Å². The van der Waals surface area contributed by atoms with Gasteiger partial charge in [-0.1, -0.05) is 12.1 Å². The highest BCUT2D eigenvalue weighted by atomic mass is 32.1. The van der Waals surface area contributed by atoms with Crippen molar-refractivity contribution < 1.29 is 18.1 Å². The van der Waals surface area contributed by atoms with E-state index in [2.05, 4.69) is 17.5 Å². The summed E-state index contributed by atoms with van der Waals surface area (Å²) in [6.45, 7) is 4.50. The number of hydrogen-bond acceptors (Lipinski definition) is 2. The van der Waals surface area contributed by atoms with Gasteiger partial charge < -0.3 is 9.80 Å². The Labute approximate surface area is 131 Å². The summed E-state index contributed by atoms with van der Waals surface area (Å²) in [4.78, 5) is 4.90. The van der Waals surface area contributed by atoms with Crippen LogP contribution in [0, 0.1) is 0 Å². The van der Waals surface area contributed by atoms with E-state index >= 15 is 0 Å². The zero-order chi connectivity index (χ0) is 15.6. The molecular weight excluding hydrogens is 309 g/mol. The molecule has 0 saturated carbocycles. The van der Waals surface area contributed by atoms with E-state index in [4.69, 9.17) is 0 Å². The second-order valence-corrected chi connectivity index (χ2v) is 6.57. The van der Waals surface area contributed by atoms with Gasteiger partial charge in [-0.05, 0) is 29.6 Å². The molecule has 1 saturated heterocycles. The fraction of sp³-hybridized carbons (Fsp3) is 0.375. The molecule has 22 heavy (non-hydrogen) atoms. The highest BCUT2D eigenvalue weighted by molar-refractivity contribution is 7.09. The molecule has 2 nitrogen and oxygen atoms in total. The van der Waals surface area contributed by atoms with Crippen molar-refractivity contribution >= 4 is 17.0 Å². The van der Waals surface area contributed by atoms with Gasteiger partial charge in [0, 0.05) is 5.69 Å². The zero-order valence-electron chi connectivity index (χ0n) is 12.1. The topological polar surface area (TPSA) is 7.68 Å². The Morgan fingerprint density at radius 2 is 1.86 bits per heavy atom. The van der Waals surface area contributed by atoms with E-state index in [1.165, 1.54) is 21.9 Å². The summed E-state index contributed by atoms with van der Waals surface area (Å²) in [6, 6.07) is 9.82. The Morgan fingerprint density at radius 1 is 1.09 bits per heavy atom. The van der Waals surface area contributed by atoms with Crippen LogP contribution in [0.1, 0.15) is 10.4 Å². The first-order chi connectivity index (χ1) is 10.5. The number of rotatable bonds is 3. The first-order valence-electron chi connectivity index (χ1n) is 7.30. The lowest BCUT2D eigenvalue weighted by Crippen LogP contribution is -3.13. The van der Waals surface area contributed by atoms with Crippen LogP contribution >= 0.6 is 11.3 Å². The molecule has 2 aromatic rings. The first-order valence-corrected chi connectivity index (χ1v) is 8.18. The molecule has 0 bridgehead atoms. The highest BCUT2D eigenvalue weighted by Gasteiger charge is 2.31. The summed E-state index contributed by atoms with van der Waals surface area (Å²) >= 11 is 1.76. The summed E-state index contributed by atoms with van der Waals surface area (Å²) < 4.78 is 38.4. The fourth-order valence-electron chi connectivity index (χ4n) is 2.80. The number of alkyl halides is 3. The second kappa shape index (κ2) is 6.30. The summed E-state index contributed by atoms with van der Waals surface area (Å²) in [5.74, 6) is 0. The van der Waals surface area contributed by atoms with Crippen LogP contribution in [0.2, 0.25) is 0 Å². The molecule has 0 aliphatic carbocycles. The van der Waals surface area contributed by atoms with Gasteiger partial charge in [-0.3, -0.25) is 0 Å². The number of quaternary nitrogens is 1. The number of hydrogen-bond donors (Lipinski definition) is 1. The molecule has 1 aromatic heterocycles. The molecule has 0 atom stereocenters. The van der Waals surface area contributed by atoms with Gasteiger partial charge in [0.25, 0.3) is 0 Å². The SMILES string of the molecule is FC(F)(F)c1cccc(N2CC[NH+](Cc3cccs3)CC2)c1. The molecule has 1 aromatic carbocycles. The number of nitrogens with one attached hydrogen (secondary N) is 1. The number of benzene rings is 1. The van der Waals surface area contributed by atoms with E-state index in [0.29, 0.717) is 5.69 Å². The van der Waals surface area contributed by atoms with Crippen LogP contribution in [0.4, 0.5) is 18.9 Å². The predicted molar refractivity (Wildman–Crippen MR) is 82.4 cm³/mol. The number of halogens is 3. The number of thiophene rings is 1. The van der Waals surface area contributed by atoms with Crippen molar-refractivity contribution in [1.29, 1.82) is 0 Å². The number of piperazine rings is 1. The Bertz CT molecular complexity index is 602. The molecule has 1 fully saturated rings. The van der Waals surface area contributed by atoms with Crippen LogP contribution in [0.5, 0.6) is 0 Å². The molecule has 0 unspecified atom stereocenters. The third-order valence-electron chi connectivity index (χ3n) is 4.01. The maximum Gasteiger partial charge on any atom is 0.416 e. The lowest BCUT2D eigenvalue weighted by Gasteiger charge is -2.33. The Balaban J connectivity index is 1.61. The van der Waals surface area contributed by atoms with E-state index in [9.17, 15) is 13.2 Å². The molecule has 3 rings (SSSR count). The fourth-order valence-corrected chi connectivity index (χ4v) is 3.57. The molecular formula is C16H18F3N2S+. The van der Waals surface area contributed by atoms with Crippen molar-refractivity contribution in [1.82, 2.24) is 0 Å². The molecule has 1 N–H and O–H groups in total. The average Bonchev–Trinajstić information content (AvgIpc) is 3.00. The summed E-state index contributed by atoms with van der Waals surface area (Å²) in [6.07, 6.45) is -4.28. The van der Waals surface area contributed by atoms with Gasteiger partial charge in [0.1, 0.15) is 6.54 Å². The Hall–Kier alpha value is -1.53. The third kappa shape index (κ3) is 3.62. The predicted octanol–water partition coefficient (Wildman–Crippen LogP) is 2.67. The Kier molecular flexibility index (Phi) is 4.40. The highest BCUT2D eigenvalue weighted by Crippen LogP contribution is 2.31. The summed E-state index contributed by atoms with van der Waals surface area (Å²) in [5.41, 5.74) is 0.100. The van der Waals surface area contributed by atoms with Crippen molar-refractivity contribution in [3.8, 4) is 0 Å². The monoisotopic (exact) mass is 327 g/mol. The zero-order valence-corrected chi connectivity index (χ0v) is 12.9. The van der Waals surface area contributed by atoms with E-state index < -0.39 is 11.7 Å². The van der Waals surface area contributed by atoms with Gasteiger partial charge in [0.15, 0.2) is 0 Å². The smallest absolute Gasteiger partial charge is 0.360 e. The molecule has 1 aliphatic rings. The quantitative estimate of drug-likeness (QED) is 0.911. The van der Waals surface area contributed by atoms with Gasteiger partial charge in [-0.2, -0.15) is 13.2 Å². The van der Waals surface area contributed by atoms with E-state index in [1.54, 1.807) is 17.4 Å². The van der Waals surface area contributed by atoms with Crippen molar-refractivity contribution in [2.75, 3.05) is 31.1 Å². The molecule has 0 spiro atoms. The Morgan fingerprint density at radius 3 is 2.50 bits per heavy atom. The lowest BCUT2D eigenvalue weighted by atomic mass is 10.1. The third-order valence-corrected chi connectivity index (χ3v) is 4.89. The minimum absolute atomic E-state index is 0.571. The second-order valence-electron chi connectivity index (χ2n) is 5.54. The summed E-state index contributed by atoms with van der Waals surface area (Å²) in [7, 11) is 0. The average molecular weight is 327 g/mol. The largest absolute Gasteiger partial charge is 0.416 e. The standard InChI is InChI=1S/C16H17F3N2S/c17-16(18,19)13-3-1-4-14(11-13)21-8-6-20(7-9-21)12-15-5-2-10-22-15/h1-5,10-11H,6-9,12H2/p+1. The molecule has 1 aliphatic heterocycles. The molecule has 0 radical (unpaired) electrons. The van der Waals surface area contributed by atoms with Gasteiger partial charge in [0.2, 0.25) is 0 Å². The molecule has 2 heterocycles. The minimum Gasteiger partial charge on any atom is -0.360 e. The molecule has 118 valence electrons. The minimum atomic E-state index is -4.28. The number of nitrogens with zero attached hydrogens (tertiary/aromatic N) is 1. The summed E-state index contributed by atoms with van der Waals surface area (Å²) in [5, 5.41) is 2.08. The van der Waals surface area contributed by atoms with E-state index in [-0.39, 0.29) is 0 Å². The van der Waals surface area contributed by atoms with Crippen molar-refractivity contribution in [2.45, 2.75) is 12.7 Å². The van der Waals surface area contributed by atoms with Crippen LogP contribution < -0.4 is 9.80 Å². The van der Waals surface area contributed by atoms with E-state index in [0.717, 1.165) is 38.8 Å². The van der Waals surface area contributed by atoms with Crippen LogP contribution in [-0.4, -0.2) is 26.2 Å². The van der Waals surface area contributed by atoms with Crippen molar-refractivity contribution in [2.24, 2.45) is 0 Å². The normalized spacial score (nSPS) is 17.0. The first kappa shape index (κ1) is 15.4. The van der Waals surface area contributed by atoms with Gasteiger partial charge in [-0.15, -0.1) is 11.3 Å². The van der Waals surface area contributed by atoms with Crippen molar-refractivity contribution in [3.05, 3.63) is 52.2 Å². The van der Waals surface area contributed by atoms with Crippen LogP contribution in [0.15, 0.2) is 41.8 Å². The van der Waals surface area contributed by atoms with Gasteiger partial charge in [-0.25, -0.2) is 0 Å². The number of anilines is 1. The van der Waals surface area contributed by atoms with E-state index in [1.807, 2.05) is 4.90 Å². The van der Waals surface area contributed by atoms with Crippen LogP contribution in [0.3, 0.4) is 0 Å². The van der Waals surface area contributed by atoms with Gasteiger partial charge in [0.05, 0.1) is 36.6 Å². The maximum atomic E-state index is 12.8. The molecule has 0 amide bonds. The van der Waals surface area contributed by atoms with Crippen LogP contribution in [-0.2, 0) is 12.7 Å². The molecule has 6 heteroatoms. The maximum absolute atomic E-state index is 12.8.